The Labute approximate surface area is 62.0 Å². The monoisotopic (exact) mass is 158 g/mol. The van der Waals surface area contributed by atoms with Crippen LogP contribution in [0.3, 0.4) is 0 Å². The highest BCUT2D eigenvalue weighted by molar-refractivity contribution is 6.70. The summed E-state index contributed by atoms with van der Waals surface area (Å²) in [5, 5.41) is 25.6. The molecule has 0 aliphatic carbocycles. The van der Waals surface area contributed by atoms with Crippen molar-refractivity contribution in [3.8, 4) is 0 Å². The molecule has 6 heteroatoms. The third-order valence-electron chi connectivity index (χ3n) is 1.15. The van der Waals surface area contributed by atoms with Crippen LogP contribution in [-0.2, 0) is 0 Å². The van der Waals surface area contributed by atoms with Crippen LogP contribution in [0.15, 0.2) is 18.3 Å². The lowest BCUT2D eigenvalue weighted by Crippen LogP contribution is -2.52. The lowest BCUT2D eigenvalue weighted by Gasteiger charge is -2.19. The molecule has 0 saturated carbocycles. The Morgan fingerprint density at radius 3 is 2.36 bits per heavy atom. The van der Waals surface area contributed by atoms with Gasteiger partial charge in [0.05, 0.1) is 0 Å². The first kappa shape index (κ1) is 8.12. The van der Waals surface area contributed by atoms with E-state index in [4.69, 9.17) is 15.1 Å². The Kier molecular flexibility index (Phi) is 1.90. The van der Waals surface area contributed by atoms with E-state index in [1.54, 1.807) is 0 Å². The summed E-state index contributed by atoms with van der Waals surface area (Å²) in [6.07, 6.45) is 1.15. The molecule has 1 aromatic rings. The van der Waals surface area contributed by atoms with E-state index in [0.29, 0.717) is 0 Å². The fraction of sp³-hybridized carbons (Fsp3) is 0. The minimum atomic E-state index is -3.82. The van der Waals surface area contributed by atoms with Gasteiger partial charge in [-0.25, -0.2) is 4.39 Å². The zero-order chi connectivity index (χ0) is 8.48. The molecule has 0 bridgehead atoms. The van der Waals surface area contributed by atoms with Gasteiger partial charge in [-0.15, -0.1) is 0 Å². The van der Waals surface area contributed by atoms with E-state index in [1.807, 2.05) is 0 Å². The Morgan fingerprint density at radius 1 is 1.36 bits per heavy atom. The van der Waals surface area contributed by atoms with Crippen LogP contribution in [-0.4, -0.2) is 26.8 Å². The predicted octanol–water partition coefficient (Wildman–Crippen LogP) is -1.66. The molecule has 4 nitrogen and oxygen atoms in total. The molecular weight excluding hydrogens is 152 g/mol. The zero-order valence-electron chi connectivity index (χ0n) is 5.48. The number of rotatable bonds is 1. The average Bonchev–Trinajstić information content (AvgIpc) is 1.86. The molecule has 0 radical (unpaired) electrons. The normalized spacial score (nSPS) is 11.6. The molecule has 60 valence electrons. The molecule has 0 atom stereocenters. The van der Waals surface area contributed by atoms with Crippen molar-refractivity contribution in [2.75, 3.05) is 0 Å². The molecule has 1 rings (SSSR count). The second-order valence-corrected chi connectivity index (χ2v) is 2.10. The van der Waals surface area contributed by atoms with Crippen LogP contribution in [0.2, 0.25) is 0 Å². The number of halogens is 1. The molecule has 0 aliphatic rings. The lowest BCUT2D eigenvalue weighted by atomic mass is 9.75. The van der Waals surface area contributed by atoms with E-state index in [1.165, 1.54) is 6.07 Å². The van der Waals surface area contributed by atoms with Crippen molar-refractivity contribution in [2.24, 2.45) is 0 Å². The topological polar surface area (TPSA) is 73.6 Å². The van der Waals surface area contributed by atoms with Gasteiger partial charge in [-0.1, -0.05) is 0 Å². The van der Waals surface area contributed by atoms with Crippen molar-refractivity contribution in [1.82, 2.24) is 4.98 Å². The molecule has 11 heavy (non-hydrogen) atoms. The van der Waals surface area contributed by atoms with Gasteiger partial charge in [-0.3, -0.25) is 4.98 Å². The molecule has 0 saturated heterocycles. The molecular formula is C5H6BFNO3-. The van der Waals surface area contributed by atoms with Gasteiger partial charge < -0.3 is 15.1 Å². The first-order valence-electron chi connectivity index (χ1n) is 2.94. The summed E-state index contributed by atoms with van der Waals surface area (Å²) in [7, 11) is 0. The van der Waals surface area contributed by atoms with Gasteiger partial charge in [0.25, 0.3) is 0 Å². The molecule has 0 aliphatic heterocycles. The average molecular weight is 158 g/mol. The van der Waals surface area contributed by atoms with Crippen LogP contribution in [0.5, 0.6) is 0 Å². The van der Waals surface area contributed by atoms with Crippen molar-refractivity contribution in [3.63, 3.8) is 0 Å². The maximum absolute atomic E-state index is 12.6. The van der Waals surface area contributed by atoms with Crippen LogP contribution in [0.4, 0.5) is 4.39 Å². The second-order valence-electron chi connectivity index (χ2n) is 2.10. The number of pyridine rings is 1. The highest BCUT2D eigenvalue weighted by Crippen LogP contribution is 1.94. The summed E-state index contributed by atoms with van der Waals surface area (Å²) >= 11 is 0. The summed E-state index contributed by atoms with van der Waals surface area (Å²) in [6.45, 7) is -3.82. The molecule has 3 N–H and O–H groups in total. The largest absolute Gasteiger partial charge is 0.555 e. The van der Waals surface area contributed by atoms with Crippen molar-refractivity contribution >= 4 is 12.3 Å². The lowest BCUT2D eigenvalue weighted by molar-refractivity contribution is 0.246. The van der Waals surface area contributed by atoms with E-state index >= 15 is 0 Å². The van der Waals surface area contributed by atoms with E-state index in [9.17, 15) is 4.39 Å². The first-order chi connectivity index (χ1) is 5.02. The summed E-state index contributed by atoms with van der Waals surface area (Å²) in [6, 6.07) is 2.25. The summed E-state index contributed by atoms with van der Waals surface area (Å²) < 4.78 is 12.6. The number of hydrogen-bond acceptors (Lipinski definition) is 4. The molecule has 0 fully saturated rings. The fourth-order valence-electron chi connectivity index (χ4n) is 0.683. The Hall–Kier alpha value is -0.975. The standard InChI is InChI=1S/C5H6BFNO3/c7-4-2-1-3-8-5(4)6(9,10)11/h1-3,9-11H/q-1. The van der Waals surface area contributed by atoms with Gasteiger partial charge in [-0.2, -0.15) is 0 Å². The highest BCUT2D eigenvalue weighted by atomic mass is 19.1. The van der Waals surface area contributed by atoms with Crippen LogP contribution < -0.4 is 5.59 Å². The maximum Gasteiger partial charge on any atom is 0.423 e. The van der Waals surface area contributed by atoms with Gasteiger partial charge in [0.15, 0.2) is 0 Å². The molecule has 1 heterocycles. The minimum absolute atomic E-state index is 0.743. The van der Waals surface area contributed by atoms with Crippen molar-refractivity contribution in [3.05, 3.63) is 24.1 Å². The Morgan fingerprint density at radius 2 is 2.00 bits per heavy atom. The molecule has 1 aromatic heterocycles. The third-order valence-corrected chi connectivity index (χ3v) is 1.15. The van der Waals surface area contributed by atoms with E-state index in [2.05, 4.69) is 4.98 Å². The molecule has 0 unspecified atom stereocenters. The van der Waals surface area contributed by atoms with Gasteiger partial charge >= 0.3 is 6.75 Å². The number of hydrogen-bond donors (Lipinski definition) is 3. The van der Waals surface area contributed by atoms with Gasteiger partial charge in [0, 0.05) is 11.8 Å². The fourth-order valence-corrected chi connectivity index (χ4v) is 0.683. The van der Waals surface area contributed by atoms with Crippen LogP contribution >= 0.6 is 0 Å². The SMILES string of the molecule is O[B-](O)(O)c1ncccc1F. The predicted molar refractivity (Wildman–Crippen MR) is 36.2 cm³/mol. The van der Waals surface area contributed by atoms with Crippen molar-refractivity contribution in [1.29, 1.82) is 0 Å². The summed E-state index contributed by atoms with van der Waals surface area (Å²) in [4.78, 5) is 3.25. The number of nitrogens with zero attached hydrogens (tertiary/aromatic N) is 1. The van der Waals surface area contributed by atoms with Crippen molar-refractivity contribution in [2.45, 2.75) is 0 Å². The third kappa shape index (κ3) is 1.73. The molecule has 0 aromatic carbocycles. The minimum Gasteiger partial charge on any atom is -0.555 e. The van der Waals surface area contributed by atoms with Gasteiger partial charge in [0.1, 0.15) is 5.82 Å². The smallest absolute Gasteiger partial charge is 0.423 e. The highest BCUT2D eigenvalue weighted by Gasteiger charge is 2.23. The van der Waals surface area contributed by atoms with Crippen molar-refractivity contribution < 1.29 is 19.5 Å². The van der Waals surface area contributed by atoms with E-state index in [-0.39, 0.29) is 0 Å². The first-order valence-corrected chi connectivity index (χ1v) is 2.94. The summed E-state index contributed by atoms with van der Waals surface area (Å²) in [5.74, 6) is -0.944. The second kappa shape index (κ2) is 2.57. The van der Waals surface area contributed by atoms with Gasteiger partial charge in [-0.05, 0) is 12.1 Å². The Bertz CT molecular complexity index is 262. The number of aromatic nitrogens is 1. The van der Waals surface area contributed by atoms with Crippen LogP contribution in [0.25, 0.3) is 0 Å². The van der Waals surface area contributed by atoms with Gasteiger partial charge in [0.2, 0.25) is 0 Å². The van der Waals surface area contributed by atoms with E-state index < -0.39 is 18.2 Å². The van der Waals surface area contributed by atoms with E-state index in [0.717, 1.165) is 12.3 Å². The Balaban J connectivity index is 3.14. The van der Waals surface area contributed by atoms with Crippen LogP contribution in [0.1, 0.15) is 0 Å². The summed E-state index contributed by atoms with van der Waals surface area (Å²) in [5.41, 5.74) is -0.743. The maximum atomic E-state index is 12.6. The molecule has 0 spiro atoms. The molecule has 0 amide bonds. The van der Waals surface area contributed by atoms with Crippen LogP contribution in [0, 0.1) is 5.82 Å². The quantitative estimate of drug-likeness (QED) is 0.427. The zero-order valence-corrected chi connectivity index (χ0v) is 5.48.